The molecule has 0 fully saturated rings. The van der Waals surface area contributed by atoms with Crippen LogP contribution in [0.1, 0.15) is 25.0 Å². The van der Waals surface area contributed by atoms with Gasteiger partial charge in [0.25, 0.3) is 0 Å². The first kappa shape index (κ1) is 16.0. The van der Waals surface area contributed by atoms with Crippen LogP contribution in [-0.2, 0) is 4.79 Å². The van der Waals surface area contributed by atoms with Crippen LogP contribution in [0.25, 0.3) is 0 Å². The molecule has 19 heavy (non-hydrogen) atoms. The summed E-state index contributed by atoms with van der Waals surface area (Å²) in [6.45, 7) is 1.49. The molecule has 0 aromatic heterocycles. The minimum atomic E-state index is -0.939. The van der Waals surface area contributed by atoms with Crippen LogP contribution >= 0.6 is 11.8 Å². The predicted octanol–water partition coefficient (Wildman–Crippen LogP) is 1.82. The molecule has 2 atom stereocenters. The molecule has 0 radical (unpaired) electrons. The number of aliphatic hydroxyl groups excluding tert-OH is 2. The predicted molar refractivity (Wildman–Crippen MR) is 79.5 cm³/mol. The fourth-order valence-corrected chi connectivity index (χ4v) is 2.48. The van der Waals surface area contributed by atoms with E-state index in [1.165, 1.54) is 6.92 Å². The molecule has 2 unspecified atom stereocenters. The van der Waals surface area contributed by atoms with Crippen molar-refractivity contribution < 1.29 is 15.0 Å². The maximum absolute atomic E-state index is 10.8. The zero-order valence-corrected chi connectivity index (χ0v) is 12.4. The normalized spacial score (nSPS) is 13.9. The monoisotopic (exact) mass is 283 g/mol. The lowest BCUT2D eigenvalue weighted by Crippen LogP contribution is -2.22. The van der Waals surface area contributed by atoms with Crippen LogP contribution in [0, 0.1) is 0 Å². The van der Waals surface area contributed by atoms with Crippen molar-refractivity contribution in [2.24, 2.45) is 0 Å². The van der Waals surface area contributed by atoms with Gasteiger partial charge in [-0.3, -0.25) is 4.79 Å². The van der Waals surface area contributed by atoms with Gasteiger partial charge in [0.05, 0.1) is 6.10 Å². The van der Waals surface area contributed by atoms with Crippen LogP contribution in [0.3, 0.4) is 0 Å². The van der Waals surface area contributed by atoms with E-state index in [-0.39, 0.29) is 5.12 Å². The molecule has 106 valence electrons. The van der Waals surface area contributed by atoms with E-state index in [2.05, 4.69) is 0 Å². The number of nitrogens with zero attached hydrogens (tertiary/aromatic N) is 1. The smallest absolute Gasteiger partial charge is 0.185 e. The summed E-state index contributed by atoms with van der Waals surface area (Å²) < 4.78 is 0. The molecule has 2 N–H and O–H groups in total. The number of carbonyl (C=O) groups is 1. The summed E-state index contributed by atoms with van der Waals surface area (Å²) in [5.74, 6) is 0.512. The van der Waals surface area contributed by atoms with Gasteiger partial charge in [0, 0.05) is 38.0 Å². The van der Waals surface area contributed by atoms with Gasteiger partial charge in [0.15, 0.2) is 5.12 Å². The molecule has 0 aliphatic heterocycles. The molecule has 0 spiro atoms. The maximum Gasteiger partial charge on any atom is 0.185 e. The molecule has 1 aromatic rings. The number of anilines is 1. The minimum Gasteiger partial charge on any atom is -0.390 e. The van der Waals surface area contributed by atoms with E-state index in [4.69, 9.17) is 0 Å². The topological polar surface area (TPSA) is 60.8 Å². The van der Waals surface area contributed by atoms with Gasteiger partial charge in [-0.15, -0.1) is 0 Å². The molecular formula is C14H21NO3S. The average Bonchev–Trinajstić information content (AvgIpc) is 2.37. The second-order valence-corrected chi connectivity index (χ2v) is 5.87. The van der Waals surface area contributed by atoms with E-state index in [0.29, 0.717) is 17.7 Å². The van der Waals surface area contributed by atoms with E-state index in [1.807, 2.05) is 37.2 Å². The molecule has 0 saturated heterocycles. The number of carbonyl (C=O) groups excluding carboxylic acids is 1. The van der Waals surface area contributed by atoms with Gasteiger partial charge in [0.2, 0.25) is 0 Å². The molecule has 0 aliphatic carbocycles. The molecule has 0 amide bonds. The van der Waals surface area contributed by atoms with Crippen molar-refractivity contribution in [3.05, 3.63) is 29.8 Å². The summed E-state index contributed by atoms with van der Waals surface area (Å²) in [5, 5.41) is 20.2. The van der Waals surface area contributed by atoms with E-state index in [9.17, 15) is 15.0 Å². The number of benzene rings is 1. The van der Waals surface area contributed by atoms with Crippen LogP contribution in [0.4, 0.5) is 5.69 Å². The lowest BCUT2D eigenvalue weighted by atomic mass is 10.0. The summed E-state index contributed by atoms with van der Waals surface area (Å²) >= 11 is 1.16. The van der Waals surface area contributed by atoms with Gasteiger partial charge in [-0.1, -0.05) is 30.0 Å². The fourth-order valence-electron chi connectivity index (χ4n) is 1.83. The Kier molecular flexibility index (Phi) is 6.34. The Hall–Kier alpha value is -1.04. The standard InChI is InChI=1S/C14H21NO3S/c1-10(16)19-9-8-13(17)14(18)11-6-4-5-7-12(11)15(2)3/h4-7,13-14,17-18H,8-9H2,1-3H3. The molecule has 0 aliphatic rings. The van der Waals surface area contributed by atoms with Crippen molar-refractivity contribution in [3.8, 4) is 0 Å². The van der Waals surface area contributed by atoms with E-state index >= 15 is 0 Å². The summed E-state index contributed by atoms with van der Waals surface area (Å²) in [7, 11) is 3.78. The number of rotatable bonds is 6. The van der Waals surface area contributed by atoms with Crippen molar-refractivity contribution in [2.45, 2.75) is 25.6 Å². The Balaban J connectivity index is 2.71. The highest BCUT2D eigenvalue weighted by molar-refractivity contribution is 8.13. The molecule has 0 saturated carbocycles. The second-order valence-electron chi connectivity index (χ2n) is 4.59. The van der Waals surface area contributed by atoms with E-state index < -0.39 is 12.2 Å². The van der Waals surface area contributed by atoms with Gasteiger partial charge in [-0.25, -0.2) is 0 Å². The van der Waals surface area contributed by atoms with Gasteiger partial charge in [0.1, 0.15) is 6.10 Å². The number of hydrogen-bond donors (Lipinski definition) is 2. The van der Waals surface area contributed by atoms with E-state index in [0.717, 1.165) is 17.4 Å². The third-order valence-corrected chi connectivity index (χ3v) is 3.67. The number of aliphatic hydroxyl groups is 2. The Morgan fingerprint density at radius 1 is 1.32 bits per heavy atom. The minimum absolute atomic E-state index is 0.0235. The molecule has 0 heterocycles. The van der Waals surface area contributed by atoms with Gasteiger partial charge < -0.3 is 15.1 Å². The Morgan fingerprint density at radius 2 is 1.95 bits per heavy atom. The molecule has 5 heteroatoms. The number of hydrogen-bond acceptors (Lipinski definition) is 5. The van der Waals surface area contributed by atoms with Gasteiger partial charge in [-0.2, -0.15) is 0 Å². The first-order valence-electron chi connectivity index (χ1n) is 6.19. The Morgan fingerprint density at radius 3 is 2.53 bits per heavy atom. The molecule has 1 rings (SSSR count). The van der Waals surface area contributed by atoms with Crippen molar-refractivity contribution in [3.63, 3.8) is 0 Å². The van der Waals surface area contributed by atoms with Crippen LogP contribution < -0.4 is 4.90 Å². The third kappa shape index (κ3) is 4.86. The average molecular weight is 283 g/mol. The SMILES string of the molecule is CC(=O)SCCC(O)C(O)c1ccccc1N(C)C. The quantitative estimate of drug-likeness (QED) is 0.834. The highest BCUT2D eigenvalue weighted by Gasteiger charge is 2.21. The summed E-state index contributed by atoms with van der Waals surface area (Å²) in [4.78, 5) is 12.7. The highest BCUT2D eigenvalue weighted by Crippen LogP contribution is 2.28. The fraction of sp³-hybridized carbons (Fsp3) is 0.500. The van der Waals surface area contributed by atoms with Crippen LogP contribution in [0.15, 0.2) is 24.3 Å². The molecule has 1 aromatic carbocycles. The largest absolute Gasteiger partial charge is 0.390 e. The maximum atomic E-state index is 10.8. The first-order valence-corrected chi connectivity index (χ1v) is 7.17. The summed E-state index contributed by atoms with van der Waals surface area (Å²) in [6.07, 6.45) is -1.42. The number of thioether (sulfide) groups is 1. The number of para-hydroxylation sites is 1. The van der Waals surface area contributed by atoms with Crippen LogP contribution in [-0.4, -0.2) is 41.3 Å². The van der Waals surface area contributed by atoms with Crippen LogP contribution in [0.2, 0.25) is 0 Å². The first-order chi connectivity index (χ1) is 8.93. The third-order valence-electron chi connectivity index (χ3n) is 2.82. The lowest BCUT2D eigenvalue weighted by molar-refractivity contribution is -0.109. The van der Waals surface area contributed by atoms with Crippen molar-refractivity contribution in [2.75, 3.05) is 24.7 Å². The molecular weight excluding hydrogens is 262 g/mol. The zero-order chi connectivity index (χ0) is 14.4. The van der Waals surface area contributed by atoms with Gasteiger partial charge >= 0.3 is 0 Å². The van der Waals surface area contributed by atoms with E-state index in [1.54, 1.807) is 6.07 Å². The van der Waals surface area contributed by atoms with Crippen molar-refractivity contribution in [1.29, 1.82) is 0 Å². The Labute approximate surface area is 118 Å². The van der Waals surface area contributed by atoms with Crippen molar-refractivity contribution >= 4 is 22.6 Å². The summed E-state index contributed by atoms with van der Waals surface area (Å²) in [5.41, 5.74) is 1.58. The van der Waals surface area contributed by atoms with Crippen LogP contribution in [0.5, 0.6) is 0 Å². The van der Waals surface area contributed by atoms with Gasteiger partial charge in [-0.05, 0) is 12.5 Å². The lowest BCUT2D eigenvalue weighted by Gasteiger charge is -2.24. The molecule has 4 nitrogen and oxygen atoms in total. The Bertz CT molecular complexity index is 423. The second kappa shape index (κ2) is 7.53. The summed E-state index contributed by atoms with van der Waals surface area (Å²) in [6, 6.07) is 7.43. The highest BCUT2D eigenvalue weighted by atomic mass is 32.2. The zero-order valence-electron chi connectivity index (χ0n) is 11.5. The van der Waals surface area contributed by atoms with Crippen molar-refractivity contribution in [1.82, 2.24) is 0 Å². The molecule has 0 bridgehead atoms.